The summed E-state index contributed by atoms with van der Waals surface area (Å²) in [6, 6.07) is 6.71. The standard InChI is InChI=1S/C15H14N4O2S/c1-10-9-22-14(17-10)8-18(2)13-6-5-12(19(20)21)11-4-3-7-16-15(11)13/h3-7,9H,8H2,1-2H3. The van der Waals surface area contributed by atoms with E-state index < -0.39 is 0 Å². The third kappa shape index (κ3) is 2.62. The van der Waals surface area contributed by atoms with Crippen molar-refractivity contribution < 1.29 is 4.92 Å². The van der Waals surface area contributed by atoms with Crippen molar-refractivity contribution in [2.24, 2.45) is 0 Å². The number of rotatable bonds is 4. The molecule has 0 atom stereocenters. The van der Waals surface area contributed by atoms with Gasteiger partial charge in [-0.05, 0) is 25.1 Å². The van der Waals surface area contributed by atoms with Crippen molar-refractivity contribution in [2.75, 3.05) is 11.9 Å². The number of nitro benzene ring substituents is 1. The fourth-order valence-electron chi connectivity index (χ4n) is 2.37. The minimum atomic E-state index is -0.377. The van der Waals surface area contributed by atoms with Crippen LogP contribution in [0.15, 0.2) is 35.8 Å². The first kappa shape index (κ1) is 14.4. The minimum Gasteiger partial charge on any atom is -0.366 e. The van der Waals surface area contributed by atoms with E-state index in [-0.39, 0.29) is 10.6 Å². The van der Waals surface area contributed by atoms with E-state index in [2.05, 4.69) is 9.97 Å². The van der Waals surface area contributed by atoms with E-state index in [1.54, 1.807) is 35.7 Å². The number of aryl methyl sites for hydroxylation is 1. The zero-order valence-corrected chi connectivity index (χ0v) is 13.0. The van der Waals surface area contributed by atoms with Crippen LogP contribution in [0.4, 0.5) is 11.4 Å². The number of hydrogen-bond donors (Lipinski definition) is 0. The summed E-state index contributed by atoms with van der Waals surface area (Å²) >= 11 is 1.60. The summed E-state index contributed by atoms with van der Waals surface area (Å²) < 4.78 is 0. The van der Waals surface area contributed by atoms with Crippen LogP contribution < -0.4 is 4.90 Å². The van der Waals surface area contributed by atoms with Gasteiger partial charge in [0.1, 0.15) is 10.5 Å². The Morgan fingerprint density at radius 2 is 2.18 bits per heavy atom. The summed E-state index contributed by atoms with van der Waals surface area (Å²) in [6.45, 7) is 2.60. The summed E-state index contributed by atoms with van der Waals surface area (Å²) in [5, 5.41) is 14.7. The highest BCUT2D eigenvalue weighted by Crippen LogP contribution is 2.32. The van der Waals surface area contributed by atoms with Gasteiger partial charge in [0.2, 0.25) is 0 Å². The smallest absolute Gasteiger partial charge is 0.278 e. The van der Waals surface area contributed by atoms with Gasteiger partial charge in [-0.15, -0.1) is 11.3 Å². The predicted octanol–water partition coefficient (Wildman–Crippen LogP) is 3.54. The molecule has 1 aromatic carbocycles. The topological polar surface area (TPSA) is 72.2 Å². The van der Waals surface area contributed by atoms with Crippen LogP contribution >= 0.6 is 11.3 Å². The fourth-order valence-corrected chi connectivity index (χ4v) is 3.20. The lowest BCUT2D eigenvalue weighted by molar-refractivity contribution is -0.383. The maximum Gasteiger partial charge on any atom is 0.278 e. The van der Waals surface area contributed by atoms with Crippen LogP contribution in [0.1, 0.15) is 10.7 Å². The fraction of sp³-hybridized carbons (Fsp3) is 0.200. The molecule has 2 heterocycles. The highest BCUT2D eigenvalue weighted by Gasteiger charge is 2.17. The molecule has 0 spiro atoms. The van der Waals surface area contributed by atoms with E-state index in [1.807, 2.05) is 24.3 Å². The Bertz CT molecular complexity index is 846. The van der Waals surface area contributed by atoms with Gasteiger partial charge in [0.05, 0.1) is 22.5 Å². The van der Waals surface area contributed by atoms with E-state index >= 15 is 0 Å². The zero-order chi connectivity index (χ0) is 15.7. The molecule has 0 N–H and O–H groups in total. The number of hydrogen-bond acceptors (Lipinski definition) is 6. The van der Waals surface area contributed by atoms with Gasteiger partial charge < -0.3 is 4.90 Å². The van der Waals surface area contributed by atoms with Gasteiger partial charge in [0.15, 0.2) is 0 Å². The summed E-state index contributed by atoms with van der Waals surface area (Å²) in [6.07, 6.45) is 1.65. The molecule has 0 saturated carbocycles. The Hall–Kier alpha value is -2.54. The summed E-state index contributed by atoms with van der Waals surface area (Å²) in [5.41, 5.74) is 2.56. The third-order valence-corrected chi connectivity index (χ3v) is 4.32. The molecule has 22 heavy (non-hydrogen) atoms. The Balaban J connectivity index is 2.03. The zero-order valence-electron chi connectivity index (χ0n) is 12.2. The second-order valence-corrected chi connectivity index (χ2v) is 5.94. The molecule has 0 aliphatic heterocycles. The molecule has 0 unspecified atom stereocenters. The number of nitro groups is 1. The molecule has 6 nitrogen and oxygen atoms in total. The summed E-state index contributed by atoms with van der Waals surface area (Å²) in [7, 11) is 1.94. The minimum absolute atomic E-state index is 0.0744. The molecule has 0 saturated heterocycles. The molecular formula is C15H14N4O2S. The number of anilines is 1. The van der Waals surface area contributed by atoms with E-state index in [0.29, 0.717) is 17.4 Å². The quantitative estimate of drug-likeness (QED) is 0.544. The molecule has 0 amide bonds. The van der Waals surface area contributed by atoms with E-state index in [9.17, 15) is 10.1 Å². The second-order valence-electron chi connectivity index (χ2n) is 5.00. The highest BCUT2D eigenvalue weighted by atomic mass is 32.1. The van der Waals surface area contributed by atoms with Crippen LogP contribution in [0.5, 0.6) is 0 Å². The van der Waals surface area contributed by atoms with Gasteiger partial charge in [0.25, 0.3) is 5.69 Å². The number of aromatic nitrogens is 2. The van der Waals surface area contributed by atoms with E-state index in [1.165, 1.54) is 6.07 Å². The molecule has 3 rings (SSSR count). The van der Waals surface area contributed by atoms with Crippen molar-refractivity contribution in [3.63, 3.8) is 0 Å². The first-order chi connectivity index (χ1) is 10.6. The molecular weight excluding hydrogens is 300 g/mol. The maximum absolute atomic E-state index is 11.1. The highest BCUT2D eigenvalue weighted by molar-refractivity contribution is 7.09. The number of fused-ring (bicyclic) bond motifs is 1. The number of non-ortho nitro benzene ring substituents is 1. The van der Waals surface area contributed by atoms with Crippen LogP contribution in [0.25, 0.3) is 10.9 Å². The average Bonchev–Trinajstić information content (AvgIpc) is 2.90. The molecule has 0 bridgehead atoms. The number of pyridine rings is 1. The molecule has 2 aromatic heterocycles. The van der Waals surface area contributed by atoms with Crippen molar-refractivity contribution in [1.29, 1.82) is 0 Å². The molecule has 0 aliphatic carbocycles. The molecule has 0 aliphatic rings. The van der Waals surface area contributed by atoms with Crippen molar-refractivity contribution in [1.82, 2.24) is 9.97 Å². The van der Waals surface area contributed by atoms with Gasteiger partial charge in [0, 0.05) is 30.4 Å². The van der Waals surface area contributed by atoms with E-state index in [0.717, 1.165) is 16.4 Å². The lowest BCUT2D eigenvalue weighted by Crippen LogP contribution is -2.17. The van der Waals surface area contributed by atoms with Crippen LogP contribution in [-0.4, -0.2) is 21.9 Å². The second kappa shape index (κ2) is 5.69. The first-order valence-electron chi connectivity index (χ1n) is 6.70. The van der Waals surface area contributed by atoms with E-state index in [4.69, 9.17) is 0 Å². The largest absolute Gasteiger partial charge is 0.366 e. The lowest BCUT2D eigenvalue weighted by atomic mass is 10.1. The Kier molecular flexibility index (Phi) is 3.72. The van der Waals surface area contributed by atoms with Crippen LogP contribution in [0.2, 0.25) is 0 Å². The van der Waals surface area contributed by atoms with Gasteiger partial charge in [-0.3, -0.25) is 15.1 Å². The molecule has 0 fully saturated rings. The molecule has 0 radical (unpaired) electrons. The van der Waals surface area contributed by atoms with Crippen molar-refractivity contribution >= 4 is 33.6 Å². The van der Waals surface area contributed by atoms with Crippen LogP contribution in [0.3, 0.4) is 0 Å². The van der Waals surface area contributed by atoms with Crippen molar-refractivity contribution in [3.05, 3.63) is 56.7 Å². The Morgan fingerprint density at radius 1 is 1.36 bits per heavy atom. The van der Waals surface area contributed by atoms with Crippen LogP contribution in [0, 0.1) is 17.0 Å². The molecule has 7 heteroatoms. The normalized spacial score (nSPS) is 10.8. The van der Waals surface area contributed by atoms with Gasteiger partial charge >= 0.3 is 0 Å². The van der Waals surface area contributed by atoms with Crippen molar-refractivity contribution in [3.8, 4) is 0 Å². The molecule has 3 aromatic rings. The van der Waals surface area contributed by atoms with Gasteiger partial charge in [-0.25, -0.2) is 4.98 Å². The number of nitrogens with zero attached hydrogens (tertiary/aromatic N) is 4. The average molecular weight is 314 g/mol. The lowest BCUT2D eigenvalue weighted by Gasteiger charge is -2.19. The Labute approximate surface area is 131 Å². The third-order valence-electron chi connectivity index (χ3n) is 3.37. The van der Waals surface area contributed by atoms with Crippen molar-refractivity contribution in [2.45, 2.75) is 13.5 Å². The first-order valence-corrected chi connectivity index (χ1v) is 7.58. The maximum atomic E-state index is 11.1. The summed E-state index contributed by atoms with van der Waals surface area (Å²) in [5.74, 6) is 0. The number of benzene rings is 1. The SMILES string of the molecule is Cc1csc(CN(C)c2ccc([N+](=O)[O-])c3cccnc23)n1. The monoisotopic (exact) mass is 314 g/mol. The van der Waals surface area contributed by atoms with Crippen LogP contribution in [-0.2, 0) is 6.54 Å². The summed E-state index contributed by atoms with van der Waals surface area (Å²) in [4.78, 5) is 21.6. The molecule has 112 valence electrons. The predicted molar refractivity (Wildman–Crippen MR) is 87.4 cm³/mol. The number of thiazole rings is 1. The van der Waals surface area contributed by atoms with Gasteiger partial charge in [-0.2, -0.15) is 0 Å². The van der Waals surface area contributed by atoms with Gasteiger partial charge in [-0.1, -0.05) is 0 Å². The Morgan fingerprint density at radius 3 is 2.86 bits per heavy atom.